The predicted molar refractivity (Wildman–Crippen MR) is 116 cm³/mol. The minimum atomic E-state index is -0.132. The molecule has 30 heavy (non-hydrogen) atoms. The number of carbonyl (C=O) groups is 1. The van der Waals surface area contributed by atoms with Crippen LogP contribution in [-0.4, -0.2) is 25.8 Å². The first kappa shape index (κ1) is 20.9. The average Bonchev–Trinajstić information content (AvgIpc) is 3.58. The van der Waals surface area contributed by atoms with Crippen LogP contribution in [0.4, 0.5) is 0 Å². The molecule has 0 N–H and O–H groups in total. The summed E-state index contributed by atoms with van der Waals surface area (Å²) in [4.78, 5) is 12.1. The van der Waals surface area contributed by atoms with Gasteiger partial charge in [-0.1, -0.05) is 49.4 Å². The highest BCUT2D eigenvalue weighted by Crippen LogP contribution is 2.47. The molecule has 2 atom stereocenters. The summed E-state index contributed by atoms with van der Waals surface area (Å²) in [6.07, 6.45) is 4.81. The zero-order chi connectivity index (χ0) is 20.9. The van der Waals surface area contributed by atoms with E-state index in [1.54, 1.807) is 0 Å². The topological polar surface area (TPSA) is 44.8 Å². The molecule has 2 unspecified atom stereocenters. The summed E-state index contributed by atoms with van der Waals surface area (Å²) in [5.74, 6) is 1.96. The lowest BCUT2D eigenvalue weighted by Crippen LogP contribution is -2.34. The minimum Gasteiger partial charge on any atom is -0.493 e. The van der Waals surface area contributed by atoms with E-state index in [9.17, 15) is 4.79 Å². The maximum atomic E-state index is 12.1. The Balaban J connectivity index is 1.25. The zero-order valence-electron chi connectivity index (χ0n) is 18.0. The first-order valence-corrected chi connectivity index (χ1v) is 11.1. The summed E-state index contributed by atoms with van der Waals surface area (Å²) in [5, 5.41) is 0. The van der Waals surface area contributed by atoms with Crippen LogP contribution in [0.25, 0.3) is 0 Å². The van der Waals surface area contributed by atoms with Gasteiger partial charge in [-0.25, -0.2) is 0 Å². The van der Waals surface area contributed by atoms with Gasteiger partial charge >= 0.3 is 5.97 Å². The second-order valence-electron chi connectivity index (χ2n) is 8.81. The van der Waals surface area contributed by atoms with Gasteiger partial charge in [-0.3, -0.25) is 4.79 Å². The second-order valence-corrected chi connectivity index (χ2v) is 8.81. The largest absolute Gasteiger partial charge is 0.493 e. The van der Waals surface area contributed by atoms with Crippen LogP contribution >= 0.6 is 0 Å². The van der Waals surface area contributed by atoms with E-state index in [-0.39, 0.29) is 17.8 Å². The average molecular weight is 409 g/mol. The molecular formula is C26H32O4. The molecule has 4 rings (SSSR count). The van der Waals surface area contributed by atoms with Gasteiger partial charge in [0.15, 0.2) is 0 Å². The Hall–Kier alpha value is -2.33. The van der Waals surface area contributed by atoms with Gasteiger partial charge in [0.25, 0.3) is 0 Å². The summed E-state index contributed by atoms with van der Waals surface area (Å²) in [6, 6.07) is 18.6. The van der Waals surface area contributed by atoms with Gasteiger partial charge in [0.2, 0.25) is 0 Å². The summed E-state index contributed by atoms with van der Waals surface area (Å²) < 4.78 is 17.1. The first-order valence-electron chi connectivity index (χ1n) is 11.1. The molecule has 160 valence electrons. The van der Waals surface area contributed by atoms with Crippen LogP contribution in [0.5, 0.6) is 5.75 Å². The van der Waals surface area contributed by atoms with E-state index in [1.165, 1.54) is 31.1 Å². The van der Waals surface area contributed by atoms with Gasteiger partial charge < -0.3 is 14.2 Å². The third-order valence-corrected chi connectivity index (χ3v) is 6.49. The molecule has 0 amide bonds. The fraction of sp³-hybridized carbons (Fsp3) is 0.500. The lowest BCUT2D eigenvalue weighted by molar-refractivity contribution is -0.145. The number of hydrogen-bond acceptors (Lipinski definition) is 4. The van der Waals surface area contributed by atoms with Crippen molar-refractivity contribution in [1.82, 2.24) is 0 Å². The standard InChI is InChI=1S/C26H32O4/c1-18(26(27)28-2)25(21-11-12-21)22-9-6-10-23(15-22)29-17-20-13-24(14-20)30-16-19-7-4-3-5-8-19/h3-10,15,18,20-21,24-25H,11-14,16-17H2,1-2H3. The SMILES string of the molecule is COC(=O)C(C)C(c1cccc(OCC2CC(OCc3ccccc3)C2)c1)C1CC1. The molecule has 4 nitrogen and oxygen atoms in total. The first-order chi connectivity index (χ1) is 14.6. The Kier molecular flexibility index (Phi) is 6.73. The highest BCUT2D eigenvalue weighted by molar-refractivity contribution is 5.73. The predicted octanol–water partition coefficient (Wildman–Crippen LogP) is 5.36. The van der Waals surface area contributed by atoms with Crippen molar-refractivity contribution in [2.75, 3.05) is 13.7 Å². The Morgan fingerprint density at radius 1 is 1.07 bits per heavy atom. The van der Waals surface area contributed by atoms with Gasteiger partial charge in [-0.15, -0.1) is 0 Å². The van der Waals surface area contributed by atoms with Gasteiger partial charge in [-0.2, -0.15) is 0 Å². The van der Waals surface area contributed by atoms with E-state index in [0.29, 0.717) is 24.5 Å². The summed E-state index contributed by atoms with van der Waals surface area (Å²) >= 11 is 0. The quantitative estimate of drug-likeness (QED) is 0.496. The molecule has 0 spiro atoms. The van der Waals surface area contributed by atoms with Crippen LogP contribution in [-0.2, 0) is 20.9 Å². The molecule has 0 heterocycles. The second kappa shape index (κ2) is 9.65. The Bertz CT molecular complexity index is 824. The smallest absolute Gasteiger partial charge is 0.309 e. The van der Waals surface area contributed by atoms with E-state index >= 15 is 0 Å². The Labute approximate surface area is 179 Å². The van der Waals surface area contributed by atoms with Crippen molar-refractivity contribution in [2.45, 2.75) is 51.2 Å². The Morgan fingerprint density at radius 3 is 2.53 bits per heavy atom. The van der Waals surface area contributed by atoms with Crippen molar-refractivity contribution in [3.05, 3.63) is 65.7 Å². The van der Waals surface area contributed by atoms with E-state index in [1.807, 2.05) is 37.3 Å². The van der Waals surface area contributed by atoms with E-state index < -0.39 is 0 Å². The van der Waals surface area contributed by atoms with E-state index in [4.69, 9.17) is 14.2 Å². The molecule has 0 aliphatic heterocycles. The molecule has 0 aromatic heterocycles. The normalized spacial score (nSPS) is 22.6. The zero-order valence-corrected chi connectivity index (χ0v) is 18.0. The Morgan fingerprint density at radius 2 is 1.83 bits per heavy atom. The van der Waals surface area contributed by atoms with Crippen molar-refractivity contribution in [3.8, 4) is 5.75 Å². The summed E-state index contributed by atoms with van der Waals surface area (Å²) in [7, 11) is 1.47. The fourth-order valence-corrected chi connectivity index (χ4v) is 4.52. The lowest BCUT2D eigenvalue weighted by atomic mass is 9.82. The molecule has 2 aromatic rings. The van der Waals surface area contributed by atoms with Gasteiger partial charge in [-0.05, 0) is 66.7 Å². The minimum absolute atomic E-state index is 0.130. The summed E-state index contributed by atoms with van der Waals surface area (Å²) in [6.45, 7) is 3.38. The van der Waals surface area contributed by atoms with Gasteiger partial charge in [0.05, 0.1) is 32.3 Å². The molecule has 2 aromatic carbocycles. The number of ether oxygens (including phenoxy) is 3. The maximum Gasteiger partial charge on any atom is 0.309 e. The fourth-order valence-electron chi connectivity index (χ4n) is 4.52. The molecule has 2 aliphatic rings. The number of benzene rings is 2. The van der Waals surface area contributed by atoms with Crippen LogP contribution in [0, 0.1) is 17.8 Å². The molecule has 2 fully saturated rings. The molecule has 4 heteroatoms. The highest BCUT2D eigenvalue weighted by atomic mass is 16.5. The van der Waals surface area contributed by atoms with Crippen LogP contribution in [0.15, 0.2) is 54.6 Å². The van der Waals surface area contributed by atoms with Gasteiger partial charge in [0, 0.05) is 0 Å². The van der Waals surface area contributed by atoms with E-state index in [2.05, 4.69) is 24.3 Å². The van der Waals surface area contributed by atoms with Crippen molar-refractivity contribution in [2.24, 2.45) is 17.8 Å². The monoisotopic (exact) mass is 408 g/mol. The number of carbonyl (C=O) groups excluding carboxylic acids is 1. The summed E-state index contributed by atoms with van der Waals surface area (Å²) in [5.41, 5.74) is 2.41. The van der Waals surface area contributed by atoms with Crippen LogP contribution in [0.3, 0.4) is 0 Å². The van der Waals surface area contributed by atoms with Gasteiger partial charge in [0.1, 0.15) is 5.75 Å². The third kappa shape index (κ3) is 5.23. The van der Waals surface area contributed by atoms with Crippen molar-refractivity contribution in [1.29, 1.82) is 0 Å². The van der Waals surface area contributed by atoms with Crippen molar-refractivity contribution >= 4 is 5.97 Å². The molecule has 0 radical (unpaired) electrons. The molecular weight excluding hydrogens is 376 g/mol. The molecule has 2 aliphatic carbocycles. The maximum absolute atomic E-state index is 12.1. The van der Waals surface area contributed by atoms with E-state index in [0.717, 1.165) is 25.2 Å². The van der Waals surface area contributed by atoms with Crippen molar-refractivity contribution in [3.63, 3.8) is 0 Å². The van der Waals surface area contributed by atoms with Crippen molar-refractivity contribution < 1.29 is 19.0 Å². The number of methoxy groups -OCH3 is 1. The molecule has 0 bridgehead atoms. The number of esters is 1. The lowest BCUT2D eigenvalue weighted by Gasteiger charge is -2.35. The molecule has 0 saturated heterocycles. The molecule has 2 saturated carbocycles. The van der Waals surface area contributed by atoms with Crippen LogP contribution in [0.1, 0.15) is 49.7 Å². The highest BCUT2D eigenvalue weighted by Gasteiger charge is 2.39. The van der Waals surface area contributed by atoms with Crippen LogP contribution < -0.4 is 4.74 Å². The van der Waals surface area contributed by atoms with Crippen LogP contribution in [0.2, 0.25) is 0 Å². The number of rotatable bonds is 10. The third-order valence-electron chi connectivity index (χ3n) is 6.49. The number of hydrogen-bond donors (Lipinski definition) is 0.